The van der Waals surface area contributed by atoms with Crippen LogP contribution in [-0.2, 0) is 16.0 Å². The van der Waals surface area contributed by atoms with E-state index in [2.05, 4.69) is 26.6 Å². The molecule has 0 saturated heterocycles. The highest BCUT2D eigenvalue weighted by atomic mass is 79.9. The van der Waals surface area contributed by atoms with Gasteiger partial charge in [0.2, 0.25) is 11.8 Å². The van der Waals surface area contributed by atoms with Gasteiger partial charge >= 0.3 is 0 Å². The molecule has 0 radical (unpaired) electrons. The number of fused-ring (bicyclic) bond motifs is 1. The van der Waals surface area contributed by atoms with E-state index in [4.69, 9.17) is 0 Å². The molecule has 4 nitrogen and oxygen atoms in total. The van der Waals surface area contributed by atoms with Crippen molar-refractivity contribution in [2.75, 3.05) is 16.0 Å². The van der Waals surface area contributed by atoms with Crippen molar-refractivity contribution in [2.24, 2.45) is 0 Å². The molecule has 1 aromatic carbocycles. The third-order valence-corrected chi connectivity index (χ3v) is 2.99. The quantitative estimate of drug-likeness (QED) is 0.821. The predicted molar refractivity (Wildman–Crippen MR) is 65.8 cm³/mol. The lowest BCUT2D eigenvalue weighted by Gasteiger charge is -2.18. The van der Waals surface area contributed by atoms with Crippen LogP contribution in [-0.4, -0.2) is 17.1 Å². The number of hydrogen-bond donors (Lipinski definition) is 2. The number of carbonyl (C=O) groups is 2. The van der Waals surface area contributed by atoms with Gasteiger partial charge in [-0.1, -0.05) is 15.9 Å². The van der Waals surface area contributed by atoms with Crippen LogP contribution in [0.1, 0.15) is 12.0 Å². The molecule has 0 unspecified atom stereocenters. The van der Waals surface area contributed by atoms with E-state index in [9.17, 15) is 14.0 Å². The Labute approximate surface area is 106 Å². The van der Waals surface area contributed by atoms with E-state index in [1.807, 2.05) is 0 Å². The minimum Gasteiger partial charge on any atom is -0.326 e. The van der Waals surface area contributed by atoms with Crippen LogP contribution in [0, 0.1) is 5.82 Å². The minimum atomic E-state index is -0.491. The molecule has 0 saturated carbocycles. The van der Waals surface area contributed by atoms with E-state index in [0.717, 1.165) is 5.56 Å². The summed E-state index contributed by atoms with van der Waals surface area (Å²) >= 11 is 2.98. The van der Waals surface area contributed by atoms with E-state index in [0.29, 0.717) is 18.5 Å². The van der Waals surface area contributed by atoms with Gasteiger partial charge < -0.3 is 10.6 Å². The zero-order valence-corrected chi connectivity index (χ0v) is 10.4. The molecule has 0 atom stereocenters. The van der Waals surface area contributed by atoms with E-state index in [1.165, 1.54) is 12.1 Å². The van der Waals surface area contributed by atoms with Gasteiger partial charge in [-0.3, -0.25) is 9.59 Å². The number of amides is 2. The molecular formula is C11H10BrFN2O2. The van der Waals surface area contributed by atoms with Gasteiger partial charge in [0, 0.05) is 12.1 Å². The Morgan fingerprint density at radius 3 is 2.94 bits per heavy atom. The van der Waals surface area contributed by atoms with Gasteiger partial charge in [0.25, 0.3) is 0 Å². The third-order valence-electron chi connectivity index (χ3n) is 2.48. The Kier molecular flexibility index (Phi) is 3.42. The second kappa shape index (κ2) is 4.83. The van der Waals surface area contributed by atoms with Crippen LogP contribution >= 0.6 is 15.9 Å². The lowest BCUT2D eigenvalue weighted by molar-refractivity contribution is -0.116. The Balaban J connectivity index is 2.32. The van der Waals surface area contributed by atoms with Gasteiger partial charge in [0.15, 0.2) is 0 Å². The normalized spacial score (nSPS) is 13.9. The van der Waals surface area contributed by atoms with Crippen LogP contribution < -0.4 is 10.6 Å². The monoisotopic (exact) mass is 300 g/mol. The molecule has 1 aliphatic heterocycles. The Morgan fingerprint density at radius 1 is 1.47 bits per heavy atom. The number of nitrogens with one attached hydrogen (secondary N) is 2. The van der Waals surface area contributed by atoms with Crippen molar-refractivity contribution in [3.8, 4) is 0 Å². The summed E-state index contributed by atoms with van der Waals surface area (Å²) < 4.78 is 13.6. The molecule has 2 amide bonds. The summed E-state index contributed by atoms with van der Waals surface area (Å²) in [5, 5.41) is 5.16. The summed E-state index contributed by atoms with van der Waals surface area (Å²) in [4.78, 5) is 22.4. The number of aryl methyl sites for hydroxylation is 1. The van der Waals surface area contributed by atoms with Gasteiger partial charge in [-0.05, 0) is 24.1 Å². The predicted octanol–water partition coefficient (Wildman–Crippen LogP) is 2.04. The van der Waals surface area contributed by atoms with Gasteiger partial charge in [-0.25, -0.2) is 4.39 Å². The van der Waals surface area contributed by atoms with Crippen LogP contribution in [0.5, 0.6) is 0 Å². The molecule has 0 fully saturated rings. The Bertz CT molecular complexity index is 491. The fraction of sp³-hybridized carbons (Fsp3) is 0.273. The van der Waals surface area contributed by atoms with E-state index in [1.54, 1.807) is 0 Å². The summed E-state index contributed by atoms with van der Waals surface area (Å²) in [5.74, 6) is -0.929. The largest absolute Gasteiger partial charge is 0.326 e. The van der Waals surface area contributed by atoms with Crippen molar-refractivity contribution in [1.29, 1.82) is 0 Å². The number of anilines is 2. The van der Waals surface area contributed by atoms with E-state index in [-0.39, 0.29) is 22.8 Å². The van der Waals surface area contributed by atoms with Crippen molar-refractivity contribution < 1.29 is 14.0 Å². The van der Waals surface area contributed by atoms with Gasteiger partial charge in [-0.2, -0.15) is 0 Å². The molecule has 1 aromatic rings. The zero-order chi connectivity index (χ0) is 12.4. The van der Waals surface area contributed by atoms with Crippen molar-refractivity contribution in [1.82, 2.24) is 0 Å². The van der Waals surface area contributed by atoms with Crippen LogP contribution in [0.15, 0.2) is 12.1 Å². The average molecular weight is 301 g/mol. The molecular weight excluding hydrogens is 291 g/mol. The fourth-order valence-corrected chi connectivity index (χ4v) is 1.82. The Hall–Kier alpha value is -1.43. The van der Waals surface area contributed by atoms with Crippen LogP contribution in [0.3, 0.4) is 0 Å². The maximum absolute atomic E-state index is 13.6. The molecule has 6 heteroatoms. The maximum Gasteiger partial charge on any atom is 0.235 e. The fourth-order valence-electron chi connectivity index (χ4n) is 1.68. The van der Waals surface area contributed by atoms with Gasteiger partial charge in [0.1, 0.15) is 5.82 Å². The van der Waals surface area contributed by atoms with E-state index < -0.39 is 5.82 Å². The van der Waals surface area contributed by atoms with E-state index >= 15 is 0 Å². The molecule has 0 bridgehead atoms. The number of hydrogen-bond acceptors (Lipinski definition) is 2. The molecule has 0 aliphatic carbocycles. The summed E-state index contributed by atoms with van der Waals surface area (Å²) in [5.41, 5.74) is 1.39. The number of benzene rings is 1. The number of rotatable bonds is 2. The van der Waals surface area contributed by atoms with Crippen molar-refractivity contribution in [2.45, 2.75) is 12.8 Å². The smallest absolute Gasteiger partial charge is 0.235 e. The maximum atomic E-state index is 13.6. The standard InChI is InChI=1S/C11H10BrFN2O2/c12-5-11(17)15-9-4-8-6(3-7(9)13)1-2-10(16)14-8/h3-4H,1-2,5H2,(H,14,16)(H,15,17). The summed E-state index contributed by atoms with van der Waals surface area (Å²) in [6, 6.07) is 2.79. The second-order valence-electron chi connectivity index (χ2n) is 3.72. The molecule has 0 spiro atoms. The highest BCUT2D eigenvalue weighted by Crippen LogP contribution is 2.28. The third kappa shape index (κ3) is 2.63. The molecule has 17 heavy (non-hydrogen) atoms. The first-order valence-electron chi connectivity index (χ1n) is 5.08. The second-order valence-corrected chi connectivity index (χ2v) is 4.28. The summed E-state index contributed by atoms with van der Waals surface area (Å²) in [6.07, 6.45) is 0.879. The van der Waals surface area contributed by atoms with Crippen molar-refractivity contribution in [3.05, 3.63) is 23.5 Å². The zero-order valence-electron chi connectivity index (χ0n) is 8.85. The lowest BCUT2D eigenvalue weighted by atomic mass is 10.0. The molecule has 2 N–H and O–H groups in total. The van der Waals surface area contributed by atoms with Gasteiger partial charge in [0.05, 0.1) is 11.0 Å². The summed E-state index contributed by atoms with van der Waals surface area (Å²) in [7, 11) is 0. The SMILES string of the molecule is O=C(CBr)Nc1cc2c(cc1F)CCC(=O)N2. The molecule has 1 aliphatic rings. The highest BCUT2D eigenvalue weighted by molar-refractivity contribution is 9.09. The lowest BCUT2D eigenvalue weighted by Crippen LogP contribution is -2.20. The summed E-state index contributed by atoms with van der Waals surface area (Å²) in [6.45, 7) is 0. The van der Waals surface area contributed by atoms with Gasteiger partial charge in [-0.15, -0.1) is 0 Å². The highest BCUT2D eigenvalue weighted by Gasteiger charge is 2.18. The first-order chi connectivity index (χ1) is 8.10. The number of alkyl halides is 1. The topological polar surface area (TPSA) is 58.2 Å². The van der Waals surface area contributed by atoms with Crippen LogP contribution in [0.4, 0.5) is 15.8 Å². The average Bonchev–Trinajstić information content (AvgIpc) is 2.30. The van der Waals surface area contributed by atoms with Crippen LogP contribution in [0.25, 0.3) is 0 Å². The Morgan fingerprint density at radius 2 is 2.24 bits per heavy atom. The molecule has 1 heterocycles. The van der Waals surface area contributed by atoms with Crippen LogP contribution in [0.2, 0.25) is 0 Å². The number of halogens is 2. The molecule has 90 valence electrons. The molecule has 0 aromatic heterocycles. The first-order valence-corrected chi connectivity index (χ1v) is 6.20. The number of carbonyl (C=O) groups excluding carboxylic acids is 2. The first kappa shape index (κ1) is 12.0. The van der Waals surface area contributed by atoms with Crippen molar-refractivity contribution >= 4 is 39.1 Å². The van der Waals surface area contributed by atoms with Crippen molar-refractivity contribution in [3.63, 3.8) is 0 Å². The minimum absolute atomic E-state index is 0.0791. The molecule has 2 rings (SSSR count).